The van der Waals surface area contributed by atoms with Crippen LogP contribution in [0.4, 0.5) is 10.1 Å². The maximum Gasteiger partial charge on any atom is 0.262 e. The van der Waals surface area contributed by atoms with Crippen LogP contribution in [0.3, 0.4) is 0 Å². The Morgan fingerprint density at radius 1 is 1.00 bits per heavy atom. The van der Waals surface area contributed by atoms with Gasteiger partial charge in [-0.05, 0) is 67.1 Å². The average molecular weight is 557 g/mol. The van der Waals surface area contributed by atoms with Crippen molar-refractivity contribution in [1.29, 1.82) is 0 Å². The first kappa shape index (κ1) is 25.5. The SMILES string of the molecule is COc1ccc2[nH]cc(C3=C(C4C(=O)N(c5ccc(Cl)cc5)N=C4C)C(=O)N(Cc4ccc(F)cc4)C3=O)c2c1. The van der Waals surface area contributed by atoms with Crippen LogP contribution in [-0.2, 0) is 20.9 Å². The second-order valence-electron chi connectivity index (χ2n) is 9.53. The summed E-state index contributed by atoms with van der Waals surface area (Å²) in [5, 5.41) is 6.83. The van der Waals surface area contributed by atoms with Gasteiger partial charge in [0.1, 0.15) is 17.5 Å². The Labute approximate surface area is 233 Å². The van der Waals surface area contributed by atoms with Crippen molar-refractivity contribution in [3.63, 3.8) is 0 Å². The van der Waals surface area contributed by atoms with Crippen LogP contribution in [0, 0.1) is 11.7 Å². The number of nitrogens with zero attached hydrogens (tertiary/aromatic N) is 3. The van der Waals surface area contributed by atoms with Crippen LogP contribution < -0.4 is 9.75 Å². The molecule has 3 amide bonds. The summed E-state index contributed by atoms with van der Waals surface area (Å²) in [4.78, 5) is 46.1. The number of carbonyl (C=O) groups is 3. The van der Waals surface area contributed by atoms with Crippen LogP contribution in [0.5, 0.6) is 5.75 Å². The number of H-pyrrole nitrogens is 1. The summed E-state index contributed by atoms with van der Waals surface area (Å²) in [6.07, 6.45) is 1.65. The molecule has 2 aliphatic rings. The Hall–Kier alpha value is -4.76. The summed E-state index contributed by atoms with van der Waals surface area (Å²) in [7, 11) is 1.54. The van der Waals surface area contributed by atoms with Crippen molar-refractivity contribution < 1.29 is 23.5 Å². The molecule has 1 N–H and O–H groups in total. The van der Waals surface area contributed by atoms with Gasteiger partial charge in [0.2, 0.25) is 0 Å². The summed E-state index contributed by atoms with van der Waals surface area (Å²) in [6, 6.07) is 17.5. The number of carbonyl (C=O) groups excluding carboxylic acids is 3. The van der Waals surface area contributed by atoms with E-state index < -0.39 is 29.5 Å². The highest BCUT2D eigenvalue weighted by Gasteiger charge is 2.49. The highest BCUT2D eigenvalue weighted by atomic mass is 35.5. The molecule has 0 spiro atoms. The van der Waals surface area contributed by atoms with Crippen LogP contribution in [0.25, 0.3) is 16.5 Å². The van der Waals surface area contributed by atoms with Gasteiger partial charge in [-0.1, -0.05) is 23.7 Å². The van der Waals surface area contributed by atoms with Crippen molar-refractivity contribution in [3.8, 4) is 5.75 Å². The first-order valence-electron chi connectivity index (χ1n) is 12.4. The Balaban J connectivity index is 1.49. The lowest BCUT2D eigenvalue weighted by Crippen LogP contribution is -2.35. The van der Waals surface area contributed by atoms with E-state index in [1.807, 2.05) is 6.07 Å². The van der Waals surface area contributed by atoms with Crippen molar-refractivity contribution in [1.82, 2.24) is 9.88 Å². The second kappa shape index (κ2) is 9.77. The number of methoxy groups -OCH3 is 1. The molecule has 40 heavy (non-hydrogen) atoms. The van der Waals surface area contributed by atoms with Gasteiger partial charge in [-0.15, -0.1) is 0 Å². The van der Waals surface area contributed by atoms with Crippen molar-refractivity contribution in [2.24, 2.45) is 11.0 Å². The standard InChI is InChI=1S/C30H22ClFN4O4/c1-16-25(30(39)36(34-16)20-9-5-18(31)6-10-20)27-26(23-14-33-24-12-11-21(40-2)13-22(23)24)28(37)35(29(27)38)15-17-3-7-19(32)8-4-17/h3-14,25,33H,15H2,1-2H3. The number of halogens is 2. The van der Waals surface area contributed by atoms with E-state index in [4.69, 9.17) is 16.3 Å². The first-order valence-corrected chi connectivity index (χ1v) is 12.8. The minimum absolute atomic E-state index is 0.0403. The first-order chi connectivity index (χ1) is 19.3. The van der Waals surface area contributed by atoms with Gasteiger partial charge in [0, 0.05) is 33.3 Å². The third-order valence-corrected chi connectivity index (χ3v) is 7.36. The topological polar surface area (TPSA) is 95.1 Å². The molecular formula is C30H22ClFN4O4. The van der Waals surface area contributed by atoms with E-state index in [-0.39, 0.29) is 17.7 Å². The van der Waals surface area contributed by atoms with E-state index >= 15 is 0 Å². The lowest BCUT2D eigenvalue weighted by molar-refractivity contribution is -0.138. The number of aromatic amines is 1. The smallest absolute Gasteiger partial charge is 0.262 e. The Morgan fingerprint density at radius 3 is 2.42 bits per heavy atom. The average Bonchev–Trinajstić information content (AvgIpc) is 3.57. The number of hydrogen-bond donors (Lipinski definition) is 1. The van der Waals surface area contributed by atoms with Crippen molar-refractivity contribution in [2.45, 2.75) is 13.5 Å². The maximum absolute atomic E-state index is 14.0. The molecule has 0 saturated heterocycles. The van der Waals surface area contributed by atoms with Gasteiger partial charge < -0.3 is 9.72 Å². The van der Waals surface area contributed by atoms with E-state index in [0.717, 1.165) is 10.4 Å². The van der Waals surface area contributed by atoms with Gasteiger partial charge in [0.25, 0.3) is 17.7 Å². The van der Waals surface area contributed by atoms with Gasteiger partial charge in [0.15, 0.2) is 0 Å². The minimum Gasteiger partial charge on any atom is -0.497 e. The minimum atomic E-state index is -1.09. The normalized spacial score (nSPS) is 17.4. The third-order valence-electron chi connectivity index (χ3n) is 7.11. The largest absolute Gasteiger partial charge is 0.497 e. The Kier molecular flexibility index (Phi) is 6.23. The van der Waals surface area contributed by atoms with Crippen molar-refractivity contribution >= 4 is 57.2 Å². The molecule has 1 aromatic heterocycles. The van der Waals surface area contributed by atoms with Crippen molar-refractivity contribution in [2.75, 3.05) is 12.1 Å². The van der Waals surface area contributed by atoms with Gasteiger partial charge in [-0.2, -0.15) is 10.1 Å². The van der Waals surface area contributed by atoms with Gasteiger partial charge in [-0.25, -0.2) is 4.39 Å². The number of amides is 3. The third kappa shape index (κ3) is 4.15. The molecule has 200 valence electrons. The summed E-state index contributed by atoms with van der Waals surface area (Å²) in [6.45, 7) is 1.57. The lowest BCUT2D eigenvalue weighted by Gasteiger charge is -2.17. The molecular weight excluding hydrogens is 535 g/mol. The predicted molar refractivity (Wildman–Crippen MR) is 149 cm³/mol. The Morgan fingerprint density at radius 2 is 1.73 bits per heavy atom. The molecule has 0 aliphatic carbocycles. The number of anilines is 1. The van der Waals surface area contributed by atoms with Crippen LogP contribution in [0.15, 0.2) is 83.6 Å². The summed E-state index contributed by atoms with van der Waals surface area (Å²) in [5.74, 6) is -2.57. The van der Waals surface area contributed by atoms with Gasteiger partial charge in [0.05, 0.1) is 30.6 Å². The number of imide groups is 1. The predicted octanol–water partition coefficient (Wildman–Crippen LogP) is 5.33. The molecule has 1 unspecified atom stereocenters. The van der Waals surface area contributed by atoms with E-state index in [2.05, 4.69) is 10.1 Å². The van der Waals surface area contributed by atoms with Crippen molar-refractivity contribution in [3.05, 3.63) is 100 Å². The molecule has 6 rings (SSSR count). The van der Waals surface area contributed by atoms with E-state index in [1.165, 1.54) is 36.4 Å². The molecule has 0 radical (unpaired) electrons. The summed E-state index contributed by atoms with van der Waals surface area (Å²) in [5.41, 5.74) is 2.76. The molecule has 4 aromatic rings. The number of hydrogen-bond acceptors (Lipinski definition) is 5. The molecule has 8 nitrogen and oxygen atoms in total. The fraction of sp³-hybridized carbons (Fsp3) is 0.133. The van der Waals surface area contributed by atoms with Gasteiger partial charge >= 0.3 is 0 Å². The molecule has 1 atom stereocenters. The fourth-order valence-corrected chi connectivity index (χ4v) is 5.26. The van der Waals surface area contributed by atoms with E-state index in [0.29, 0.717) is 38.7 Å². The zero-order valence-electron chi connectivity index (χ0n) is 21.4. The zero-order chi connectivity index (χ0) is 28.1. The second-order valence-corrected chi connectivity index (χ2v) is 9.96. The molecule has 0 saturated carbocycles. The number of ether oxygens (including phenoxy) is 1. The van der Waals surface area contributed by atoms with Crippen LogP contribution in [-0.4, -0.2) is 40.4 Å². The van der Waals surface area contributed by atoms with E-state index in [1.54, 1.807) is 49.5 Å². The highest BCUT2D eigenvalue weighted by Crippen LogP contribution is 2.41. The fourth-order valence-electron chi connectivity index (χ4n) is 5.14. The van der Waals surface area contributed by atoms with Gasteiger partial charge in [-0.3, -0.25) is 19.3 Å². The molecule has 10 heteroatoms. The van der Waals surface area contributed by atoms with Crippen LogP contribution in [0.2, 0.25) is 5.02 Å². The monoisotopic (exact) mass is 556 g/mol. The highest BCUT2D eigenvalue weighted by molar-refractivity contribution is 6.40. The zero-order valence-corrected chi connectivity index (χ0v) is 22.2. The lowest BCUT2D eigenvalue weighted by atomic mass is 9.88. The van der Waals surface area contributed by atoms with E-state index in [9.17, 15) is 18.8 Å². The molecule has 2 aliphatic heterocycles. The molecule has 3 aromatic carbocycles. The number of rotatable bonds is 6. The summed E-state index contributed by atoms with van der Waals surface area (Å²) >= 11 is 6.02. The number of fused-ring (bicyclic) bond motifs is 1. The quantitative estimate of drug-likeness (QED) is 0.325. The Bertz CT molecular complexity index is 1760. The number of hydrazone groups is 1. The molecule has 0 bridgehead atoms. The van der Waals surface area contributed by atoms with Crippen LogP contribution in [0.1, 0.15) is 18.1 Å². The maximum atomic E-state index is 14.0. The molecule has 3 heterocycles. The number of aromatic nitrogens is 1. The summed E-state index contributed by atoms with van der Waals surface area (Å²) < 4.78 is 18.9. The number of benzene rings is 3. The number of nitrogens with one attached hydrogen (secondary N) is 1. The van der Waals surface area contributed by atoms with Crippen LogP contribution >= 0.6 is 11.6 Å². The molecule has 0 fully saturated rings.